The van der Waals surface area contributed by atoms with Crippen LogP contribution in [-0.4, -0.2) is 29.9 Å². The SMILES string of the molecule is CCOC(=O)[C@]1(NC(C)=O)Cc2cc(Br)ccc2NC1=O. The average Bonchev–Trinajstić information content (AvgIpc) is 2.39. The van der Waals surface area contributed by atoms with Gasteiger partial charge in [0, 0.05) is 23.5 Å². The van der Waals surface area contributed by atoms with E-state index in [-0.39, 0.29) is 13.0 Å². The molecular formula is C14H15BrN2O4. The maximum atomic E-state index is 12.4. The molecule has 0 saturated carbocycles. The third-order valence-electron chi connectivity index (χ3n) is 3.17. The van der Waals surface area contributed by atoms with Crippen molar-refractivity contribution in [3.05, 3.63) is 28.2 Å². The third kappa shape index (κ3) is 2.92. The van der Waals surface area contributed by atoms with Crippen molar-refractivity contribution in [3.8, 4) is 0 Å². The summed E-state index contributed by atoms with van der Waals surface area (Å²) < 4.78 is 5.79. The minimum Gasteiger partial charge on any atom is -0.464 e. The lowest BCUT2D eigenvalue weighted by atomic mass is 9.85. The fraction of sp³-hybridized carbons (Fsp3) is 0.357. The van der Waals surface area contributed by atoms with Crippen LogP contribution in [0.1, 0.15) is 19.4 Å². The monoisotopic (exact) mass is 354 g/mol. The fourth-order valence-corrected chi connectivity index (χ4v) is 2.71. The Morgan fingerprint density at radius 2 is 2.19 bits per heavy atom. The molecule has 0 fully saturated rings. The van der Waals surface area contributed by atoms with Crippen molar-refractivity contribution in [2.24, 2.45) is 0 Å². The molecule has 21 heavy (non-hydrogen) atoms. The number of ether oxygens (including phenoxy) is 1. The van der Waals surface area contributed by atoms with E-state index in [1.165, 1.54) is 6.92 Å². The largest absolute Gasteiger partial charge is 0.464 e. The Morgan fingerprint density at radius 1 is 1.48 bits per heavy atom. The second-order valence-corrected chi connectivity index (χ2v) is 5.66. The highest BCUT2D eigenvalue weighted by Crippen LogP contribution is 2.31. The molecule has 2 rings (SSSR count). The molecule has 2 amide bonds. The summed E-state index contributed by atoms with van der Waals surface area (Å²) >= 11 is 3.35. The summed E-state index contributed by atoms with van der Waals surface area (Å²) in [5.74, 6) is -1.83. The van der Waals surface area contributed by atoms with E-state index in [2.05, 4.69) is 26.6 Å². The number of anilines is 1. The Bertz CT molecular complexity index is 617. The number of hydrogen-bond donors (Lipinski definition) is 2. The van der Waals surface area contributed by atoms with Crippen molar-refractivity contribution < 1.29 is 19.1 Å². The number of carbonyl (C=O) groups excluding carboxylic acids is 3. The second kappa shape index (κ2) is 5.85. The van der Waals surface area contributed by atoms with E-state index >= 15 is 0 Å². The van der Waals surface area contributed by atoms with Crippen LogP contribution in [0.2, 0.25) is 0 Å². The van der Waals surface area contributed by atoms with Crippen LogP contribution in [0.3, 0.4) is 0 Å². The number of nitrogens with one attached hydrogen (secondary N) is 2. The van der Waals surface area contributed by atoms with Crippen LogP contribution in [0.25, 0.3) is 0 Å². The Morgan fingerprint density at radius 3 is 2.81 bits per heavy atom. The maximum Gasteiger partial charge on any atom is 0.342 e. The van der Waals surface area contributed by atoms with Gasteiger partial charge in [0.2, 0.25) is 11.4 Å². The topological polar surface area (TPSA) is 84.5 Å². The normalized spacial score (nSPS) is 20.2. The molecule has 1 aliphatic heterocycles. The molecule has 2 N–H and O–H groups in total. The predicted molar refractivity (Wildman–Crippen MR) is 79.7 cm³/mol. The van der Waals surface area contributed by atoms with Crippen LogP contribution in [0, 0.1) is 0 Å². The number of fused-ring (bicyclic) bond motifs is 1. The van der Waals surface area contributed by atoms with Crippen molar-refractivity contribution in [2.45, 2.75) is 25.8 Å². The van der Waals surface area contributed by atoms with Crippen molar-refractivity contribution in [2.75, 3.05) is 11.9 Å². The second-order valence-electron chi connectivity index (χ2n) is 4.74. The first kappa shape index (κ1) is 15.5. The van der Waals surface area contributed by atoms with Gasteiger partial charge in [0.15, 0.2) is 0 Å². The first-order valence-corrected chi connectivity index (χ1v) is 7.24. The Labute approximate surface area is 130 Å². The minimum absolute atomic E-state index is 0.0476. The molecule has 1 atom stereocenters. The molecule has 1 aromatic rings. The van der Waals surface area contributed by atoms with Gasteiger partial charge in [-0.15, -0.1) is 0 Å². The number of benzene rings is 1. The average molecular weight is 355 g/mol. The van der Waals surface area contributed by atoms with Gasteiger partial charge in [-0.1, -0.05) is 15.9 Å². The summed E-state index contributed by atoms with van der Waals surface area (Å²) in [5, 5.41) is 5.10. The van der Waals surface area contributed by atoms with Crippen LogP contribution in [0.15, 0.2) is 22.7 Å². The number of hydrogen-bond acceptors (Lipinski definition) is 4. The Hall–Kier alpha value is -1.89. The highest BCUT2D eigenvalue weighted by Gasteiger charge is 2.51. The lowest BCUT2D eigenvalue weighted by molar-refractivity contribution is -0.157. The van der Waals surface area contributed by atoms with E-state index in [4.69, 9.17) is 4.74 Å². The van der Waals surface area contributed by atoms with Crippen LogP contribution < -0.4 is 10.6 Å². The number of amides is 2. The van der Waals surface area contributed by atoms with Crippen molar-refractivity contribution in [1.29, 1.82) is 0 Å². The van der Waals surface area contributed by atoms with E-state index in [0.29, 0.717) is 5.69 Å². The summed E-state index contributed by atoms with van der Waals surface area (Å²) in [7, 11) is 0. The summed E-state index contributed by atoms with van der Waals surface area (Å²) in [6, 6.07) is 5.32. The molecule has 0 bridgehead atoms. The highest BCUT2D eigenvalue weighted by atomic mass is 79.9. The van der Waals surface area contributed by atoms with Gasteiger partial charge in [-0.2, -0.15) is 0 Å². The molecule has 6 nitrogen and oxygen atoms in total. The van der Waals surface area contributed by atoms with Gasteiger partial charge < -0.3 is 15.4 Å². The zero-order valence-corrected chi connectivity index (χ0v) is 13.2. The van der Waals surface area contributed by atoms with Crippen molar-refractivity contribution >= 4 is 39.4 Å². The number of carbonyl (C=O) groups is 3. The molecular weight excluding hydrogens is 340 g/mol. The Balaban J connectivity index is 2.47. The molecule has 1 aliphatic rings. The third-order valence-corrected chi connectivity index (χ3v) is 3.67. The first-order chi connectivity index (χ1) is 9.89. The van der Waals surface area contributed by atoms with Gasteiger partial charge >= 0.3 is 5.97 Å². The van der Waals surface area contributed by atoms with Gasteiger partial charge in [0.25, 0.3) is 5.91 Å². The van der Waals surface area contributed by atoms with Crippen LogP contribution in [0.5, 0.6) is 0 Å². The molecule has 0 aliphatic carbocycles. The van der Waals surface area contributed by atoms with Gasteiger partial charge in [-0.3, -0.25) is 9.59 Å². The van der Waals surface area contributed by atoms with Crippen LogP contribution >= 0.6 is 15.9 Å². The van der Waals surface area contributed by atoms with E-state index in [9.17, 15) is 14.4 Å². The fourth-order valence-electron chi connectivity index (χ4n) is 2.30. The van der Waals surface area contributed by atoms with Crippen LogP contribution in [-0.2, 0) is 25.5 Å². The molecule has 112 valence electrons. The van der Waals surface area contributed by atoms with Gasteiger partial charge in [0.1, 0.15) is 0 Å². The smallest absolute Gasteiger partial charge is 0.342 e. The summed E-state index contributed by atoms with van der Waals surface area (Å²) in [6.07, 6.45) is 0.0476. The minimum atomic E-state index is -1.73. The molecule has 1 heterocycles. The molecule has 0 spiro atoms. The highest BCUT2D eigenvalue weighted by molar-refractivity contribution is 9.10. The molecule has 1 aromatic carbocycles. The van der Waals surface area contributed by atoms with Gasteiger partial charge in [-0.25, -0.2) is 4.79 Å². The summed E-state index contributed by atoms with van der Waals surface area (Å²) in [5.41, 5.74) is -0.366. The van der Waals surface area contributed by atoms with E-state index < -0.39 is 23.3 Å². The Kier molecular flexibility index (Phi) is 4.32. The zero-order valence-electron chi connectivity index (χ0n) is 11.7. The summed E-state index contributed by atoms with van der Waals surface area (Å²) in [6.45, 7) is 3.02. The van der Waals surface area contributed by atoms with Crippen LogP contribution in [0.4, 0.5) is 5.69 Å². The van der Waals surface area contributed by atoms with Gasteiger partial charge in [0.05, 0.1) is 6.61 Å². The zero-order chi connectivity index (χ0) is 15.6. The molecule has 0 unspecified atom stereocenters. The van der Waals surface area contributed by atoms with E-state index in [1.807, 2.05) is 0 Å². The number of halogens is 1. The molecule has 0 saturated heterocycles. The standard InChI is InChI=1S/C14H15BrN2O4/c1-3-21-13(20)14(17-8(2)18)7-9-6-10(15)4-5-11(9)16-12(14)19/h4-6H,3,7H2,1-2H3,(H,16,19)(H,17,18)/t14-/m0/s1. The first-order valence-electron chi connectivity index (χ1n) is 6.45. The van der Waals surface area contributed by atoms with E-state index in [1.54, 1.807) is 25.1 Å². The molecule has 7 heteroatoms. The molecule has 0 radical (unpaired) electrons. The van der Waals surface area contributed by atoms with Crippen molar-refractivity contribution in [1.82, 2.24) is 5.32 Å². The molecule has 0 aromatic heterocycles. The van der Waals surface area contributed by atoms with Crippen molar-refractivity contribution in [3.63, 3.8) is 0 Å². The number of esters is 1. The summed E-state index contributed by atoms with van der Waals surface area (Å²) in [4.78, 5) is 36.1. The maximum absolute atomic E-state index is 12.4. The predicted octanol–water partition coefficient (Wildman–Crippen LogP) is 1.38. The lowest BCUT2D eigenvalue weighted by Crippen LogP contribution is -2.65. The quantitative estimate of drug-likeness (QED) is 0.634. The lowest BCUT2D eigenvalue weighted by Gasteiger charge is -2.35. The van der Waals surface area contributed by atoms with Gasteiger partial charge in [-0.05, 0) is 30.7 Å². The number of rotatable bonds is 3. The van der Waals surface area contributed by atoms with E-state index in [0.717, 1.165) is 10.0 Å².